The van der Waals surface area contributed by atoms with E-state index in [1.165, 1.54) is 17.0 Å². The van der Waals surface area contributed by atoms with Gasteiger partial charge >= 0.3 is 0 Å². The van der Waals surface area contributed by atoms with Gasteiger partial charge in [-0.25, -0.2) is 4.39 Å². The Bertz CT molecular complexity index is 705. The summed E-state index contributed by atoms with van der Waals surface area (Å²) < 4.78 is 18.9. The van der Waals surface area contributed by atoms with Crippen LogP contribution in [0, 0.1) is 12.7 Å². The first-order chi connectivity index (χ1) is 10.9. The van der Waals surface area contributed by atoms with Gasteiger partial charge in [-0.3, -0.25) is 4.79 Å². The number of hydrogen-bond acceptors (Lipinski definition) is 2. The van der Waals surface area contributed by atoms with Crippen LogP contribution < -0.4 is 4.74 Å². The highest BCUT2D eigenvalue weighted by Gasteiger charge is 2.20. The summed E-state index contributed by atoms with van der Waals surface area (Å²) in [6.45, 7) is 3.89. The SMILES string of the molecule is Cc1cc(Cl)ccc1OC(C)C(=O)N(C)Cc1cccc(F)c1. The Balaban J connectivity index is 2.01. The van der Waals surface area contributed by atoms with Gasteiger partial charge < -0.3 is 9.64 Å². The van der Waals surface area contributed by atoms with Crippen LogP contribution in [0.25, 0.3) is 0 Å². The molecular weight excluding hydrogens is 317 g/mol. The summed E-state index contributed by atoms with van der Waals surface area (Å²) in [6.07, 6.45) is -0.645. The van der Waals surface area contributed by atoms with Crippen molar-refractivity contribution in [3.8, 4) is 5.75 Å². The molecule has 2 rings (SSSR count). The van der Waals surface area contributed by atoms with Crippen LogP contribution in [0.3, 0.4) is 0 Å². The summed E-state index contributed by atoms with van der Waals surface area (Å²) in [5.41, 5.74) is 1.60. The zero-order valence-electron chi connectivity index (χ0n) is 13.3. The van der Waals surface area contributed by atoms with E-state index in [-0.39, 0.29) is 11.7 Å². The third-order valence-electron chi connectivity index (χ3n) is 3.47. The monoisotopic (exact) mass is 335 g/mol. The van der Waals surface area contributed by atoms with Crippen LogP contribution in [0.15, 0.2) is 42.5 Å². The molecule has 2 aromatic carbocycles. The average molecular weight is 336 g/mol. The van der Waals surface area contributed by atoms with Crippen molar-refractivity contribution in [1.82, 2.24) is 4.90 Å². The molecule has 23 heavy (non-hydrogen) atoms. The van der Waals surface area contributed by atoms with Crippen LogP contribution in [-0.2, 0) is 11.3 Å². The maximum absolute atomic E-state index is 13.2. The second-order valence-electron chi connectivity index (χ2n) is 5.49. The van der Waals surface area contributed by atoms with Crippen molar-refractivity contribution in [3.63, 3.8) is 0 Å². The number of halogens is 2. The maximum atomic E-state index is 13.2. The van der Waals surface area contributed by atoms with Crippen LogP contribution in [0.4, 0.5) is 4.39 Å². The number of amides is 1. The Hall–Kier alpha value is -2.07. The first-order valence-electron chi connectivity index (χ1n) is 7.29. The minimum atomic E-state index is -0.645. The topological polar surface area (TPSA) is 29.5 Å². The molecule has 0 radical (unpaired) electrons. The highest BCUT2D eigenvalue weighted by Crippen LogP contribution is 2.23. The Morgan fingerprint density at radius 1 is 1.30 bits per heavy atom. The molecule has 3 nitrogen and oxygen atoms in total. The van der Waals surface area contributed by atoms with Crippen molar-refractivity contribution < 1.29 is 13.9 Å². The molecule has 0 aliphatic carbocycles. The number of ether oxygens (including phenoxy) is 1. The molecule has 0 spiro atoms. The highest BCUT2D eigenvalue weighted by molar-refractivity contribution is 6.30. The number of carbonyl (C=O) groups excluding carboxylic acids is 1. The van der Waals surface area contributed by atoms with E-state index in [0.29, 0.717) is 17.3 Å². The number of rotatable bonds is 5. The number of likely N-dealkylation sites (N-methyl/N-ethyl adjacent to an activating group) is 1. The molecule has 1 unspecified atom stereocenters. The molecule has 1 atom stereocenters. The van der Waals surface area contributed by atoms with Gasteiger partial charge in [0.05, 0.1) is 0 Å². The summed E-state index contributed by atoms with van der Waals surface area (Å²) in [5, 5.41) is 0.622. The third kappa shape index (κ3) is 4.70. The molecule has 0 heterocycles. The minimum absolute atomic E-state index is 0.177. The van der Waals surface area contributed by atoms with Gasteiger partial charge in [-0.1, -0.05) is 23.7 Å². The van der Waals surface area contributed by atoms with Gasteiger partial charge in [-0.2, -0.15) is 0 Å². The second-order valence-corrected chi connectivity index (χ2v) is 5.93. The van der Waals surface area contributed by atoms with E-state index in [4.69, 9.17) is 16.3 Å². The van der Waals surface area contributed by atoms with Gasteiger partial charge in [0.15, 0.2) is 6.10 Å². The van der Waals surface area contributed by atoms with E-state index in [2.05, 4.69) is 0 Å². The molecular formula is C18H19ClFNO2. The summed E-state index contributed by atoms with van der Waals surface area (Å²) in [7, 11) is 1.67. The first-order valence-corrected chi connectivity index (χ1v) is 7.67. The van der Waals surface area contributed by atoms with Crippen molar-refractivity contribution in [2.24, 2.45) is 0 Å². The van der Waals surface area contributed by atoms with Gasteiger partial charge in [0.1, 0.15) is 11.6 Å². The Morgan fingerprint density at radius 2 is 2.04 bits per heavy atom. The molecule has 0 saturated heterocycles. The molecule has 0 aliphatic rings. The van der Waals surface area contributed by atoms with E-state index < -0.39 is 6.10 Å². The smallest absolute Gasteiger partial charge is 0.263 e. The Morgan fingerprint density at radius 3 is 2.70 bits per heavy atom. The zero-order valence-corrected chi connectivity index (χ0v) is 14.1. The standard InChI is InChI=1S/C18H19ClFNO2/c1-12-9-15(19)7-8-17(12)23-13(2)18(22)21(3)11-14-5-4-6-16(20)10-14/h4-10,13H,11H2,1-3H3. The van der Waals surface area contributed by atoms with Crippen LogP contribution in [0.2, 0.25) is 5.02 Å². The number of hydrogen-bond donors (Lipinski definition) is 0. The van der Waals surface area contributed by atoms with Crippen molar-refractivity contribution in [2.45, 2.75) is 26.5 Å². The number of nitrogens with zero attached hydrogens (tertiary/aromatic N) is 1. The summed E-state index contributed by atoms with van der Waals surface area (Å²) in [5.74, 6) is 0.127. The molecule has 0 fully saturated rings. The second kappa shape index (κ2) is 7.47. The van der Waals surface area contributed by atoms with E-state index in [1.54, 1.807) is 44.3 Å². The molecule has 2 aromatic rings. The number of benzene rings is 2. The van der Waals surface area contributed by atoms with Gasteiger partial charge in [-0.15, -0.1) is 0 Å². The Kier molecular flexibility index (Phi) is 5.61. The van der Waals surface area contributed by atoms with Crippen molar-refractivity contribution in [2.75, 3.05) is 7.05 Å². The lowest BCUT2D eigenvalue weighted by molar-refractivity contribution is -0.137. The molecule has 0 bridgehead atoms. The lowest BCUT2D eigenvalue weighted by Crippen LogP contribution is -2.37. The first kappa shape index (κ1) is 17.3. The highest BCUT2D eigenvalue weighted by atomic mass is 35.5. The molecule has 122 valence electrons. The third-order valence-corrected chi connectivity index (χ3v) is 3.71. The number of carbonyl (C=O) groups is 1. The summed E-state index contributed by atoms with van der Waals surface area (Å²) in [4.78, 5) is 13.9. The number of aryl methyl sites for hydroxylation is 1. The van der Waals surface area contributed by atoms with Crippen LogP contribution in [0.1, 0.15) is 18.1 Å². The fourth-order valence-electron chi connectivity index (χ4n) is 2.28. The Labute approximate surface area is 140 Å². The van der Waals surface area contributed by atoms with Crippen LogP contribution in [-0.4, -0.2) is 24.0 Å². The molecule has 0 saturated carbocycles. The van der Waals surface area contributed by atoms with Gasteiger partial charge in [0.2, 0.25) is 0 Å². The quantitative estimate of drug-likeness (QED) is 0.819. The predicted octanol–water partition coefficient (Wildman–Crippen LogP) is 4.21. The minimum Gasteiger partial charge on any atom is -0.481 e. The zero-order chi connectivity index (χ0) is 17.0. The van der Waals surface area contributed by atoms with Gasteiger partial charge in [0.25, 0.3) is 5.91 Å². The van der Waals surface area contributed by atoms with Crippen molar-refractivity contribution >= 4 is 17.5 Å². The maximum Gasteiger partial charge on any atom is 0.263 e. The van der Waals surface area contributed by atoms with Crippen molar-refractivity contribution in [3.05, 3.63) is 64.4 Å². The van der Waals surface area contributed by atoms with Crippen molar-refractivity contribution in [1.29, 1.82) is 0 Å². The lowest BCUT2D eigenvalue weighted by Gasteiger charge is -2.23. The van der Waals surface area contributed by atoms with E-state index in [0.717, 1.165) is 11.1 Å². The predicted molar refractivity (Wildman–Crippen MR) is 89.2 cm³/mol. The van der Waals surface area contributed by atoms with E-state index >= 15 is 0 Å². The summed E-state index contributed by atoms with van der Waals surface area (Å²) >= 11 is 5.91. The molecule has 0 aromatic heterocycles. The van der Waals surface area contributed by atoms with Crippen LogP contribution >= 0.6 is 11.6 Å². The average Bonchev–Trinajstić information content (AvgIpc) is 2.49. The molecule has 1 amide bonds. The molecule has 5 heteroatoms. The molecule has 0 N–H and O–H groups in total. The fourth-order valence-corrected chi connectivity index (χ4v) is 2.51. The normalized spacial score (nSPS) is 11.9. The van der Waals surface area contributed by atoms with Gasteiger partial charge in [-0.05, 0) is 55.3 Å². The fraction of sp³-hybridized carbons (Fsp3) is 0.278. The van der Waals surface area contributed by atoms with Crippen LogP contribution in [0.5, 0.6) is 5.75 Å². The van der Waals surface area contributed by atoms with E-state index in [1.807, 2.05) is 6.92 Å². The van der Waals surface area contributed by atoms with E-state index in [9.17, 15) is 9.18 Å². The molecule has 0 aliphatic heterocycles. The van der Waals surface area contributed by atoms with Gasteiger partial charge in [0, 0.05) is 18.6 Å². The largest absolute Gasteiger partial charge is 0.481 e. The lowest BCUT2D eigenvalue weighted by atomic mass is 10.2. The summed E-state index contributed by atoms with van der Waals surface area (Å²) in [6, 6.07) is 11.4.